The molecule has 1 aliphatic carbocycles. The van der Waals surface area contributed by atoms with Crippen LogP contribution in [0.3, 0.4) is 0 Å². The highest BCUT2D eigenvalue weighted by Crippen LogP contribution is 2.35. The Morgan fingerprint density at radius 2 is 1.80 bits per heavy atom. The summed E-state index contributed by atoms with van der Waals surface area (Å²) in [5, 5.41) is 17.6. The van der Waals surface area contributed by atoms with Crippen molar-refractivity contribution in [1.29, 1.82) is 0 Å². The van der Waals surface area contributed by atoms with Crippen LogP contribution < -0.4 is 5.32 Å². The van der Waals surface area contributed by atoms with Gasteiger partial charge in [0.15, 0.2) is 0 Å². The molecular formula is C30H38N8O2. The maximum atomic E-state index is 13.6. The standard InChI is InChI=1S/C30H38N8O2/c1-20-14-22(16-27(32-20)23-17-31-36(3)19-23)29(40)34-30-33-26-9-4-21(18-37-12-10-35(2)11-13-37)15-28(26)38(30)24-5-7-25(39)8-6-24/h4,9,14-17,19,24-25,39H,5-8,10-13,18H2,1-3H3,(H,33,34,40). The lowest BCUT2D eigenvalue weighted by Crippen LogP contribution is -2.43. The molecule has 1 amide bonds. The molecule has 0 spiro atoms. The second-order valence-electron chi connectivity index (χ2n) is 11.4. The van der Waals surface area contributed by atoms with Crippen molar-refractivity contribution in [2.45, 2.75) is 51.3 Å². The minimum absolute atomic E-state index is 0.160. The molecule has 1 aromatic carbocycles. The molecule has 4 aromatic rings. The van der Waals surface area contributed by atoms with Gasteiger partial charge in [-0.05, 0) is 69.5 Å². The smallest absolute Gasteiger partial charge is 0.258 e. The van der Waals surface area contributed by atoms with E-state index < -0.39 is 0 Å². The van der Waals surface area contributed by atoms with E-state index in [1.54, 1.807) is 23.0 Å². The van der Waals surface area contributed by atoms with Crippen LogP contribution in [0.1, 0.15) is 53.3 Å². The molecule has 6 rings (SSSR count). The van der Waals surface area contributed by atoms with Crippen LogP contribution >= 0.6 is 0 Å². The zero-order valence-corrected chi connectivity index (χ0v) is 23.5. The van der Waals surface area contributed by atoms with Gasteiger partial charge < -0.3 is 14.6 Å². The molecule has 0 atom stereocenters. The van der Waals surface area contributed by atoms with Crippen molar-refractivity contribution in [2.24, 2.45) is 7.05 Å². The van der Waals surface area contributed by atoms with Crippen molar-refractivity contribution in [3.8, 4) is 11.3 Å². The Balaban J connectivity index is 1.32. The third kappa shape index (κ3) is 5.65. The number of likely N-dealkylation sites (N-methyl/N-ethyl adjacent to an activating group) is 1. The fourth-order valence-electron chi connectivity index (χ4n) is 5.95. The van der Waals surface area contributed by atoms with E-state index in [0.29, 0.717) is 17.2 Å². The molecule has 2 aliphatic rings. The molecule has 1 saturated carbocycles. The van der Waals surface area contributed by atoms with Gasteiger partial charge in [0.25, 0.3) is 5.91 Å². The highest BCUT2D eigenvalue weighted by molar-refractivity contribution is 6.04. The van der Waals surface area contributed by atoms with E-state index in [1.807, 2.05) is 20.2 Å². The summed E-state index contributed by atoms with van der Waals surface area (Å²) in [5.41, 5.74) is 6.01. The zero-order valence-electron chi connectivity index (χ0n) is 23.5. The first-order valence-corrected chi connectivity index (χ1v) is 14.2. The first kappa shape index (κ1) is 26.6. The van der Waals surface area contributed by atoms with Gasteiger partial charge in [0, 0.05) is 68.8 Å². The van der Waals surface area contributed by atoms with Crippen molar-refractivity contribution in [2.75, 3.05) is 38.5 Å². The second kappa shape index (κ2) is 11.1. The summed E-state index contributed by atoms with van der Waals surface area (Å²) in [5.74, 6) is 0.330. The molecule has 0 bridgehead atoms. The van der Waals surface area contributed by atoms with Gasteiger partial charge >= 0.3 is 0 Å². The highest BCUT2D eigenvalue weighted by atomic mass is 16.3. The van der Waals surface area contributed by atoms with Crippen LogP contribution in [-0.2, 0) is 13.6 Å². The fourth-order valence-corrected chi connectivity index (χ4v) is 5.95. The quantitative estimate of drug-likeness (QED) is 0.384. The summed E-state index contributed by atoms with van der Waals surface area (Å²) in [6.07, 6.45) is 6.56. The fraction of sp³-hybridized carbons (Fsp3) is 0.467. The summed E-state index contributed by atoms with van der Waals surface area (Å²) >= 11 is 0. The molecule has 4 heterocycles. The lowest BCUT2D eigenvalue weighted by Gasteiger charge is -2.32. The first-order chi connectivity index (χ1) is 19.3. The number of piperazine rings is 1. The number of carbonyl (C=O) groups is 1. The number of hydrogen-bond donors (Lipinski definition) is 2. The summed E-state index contributed by atoms with van der Waals surface area (Å²) in [6, 6.07) is 10.2. The predicted octanol–water partition coefficient (Wildman–Crippen LogP) is 3.62. The number of carbonyl (C=O) groups excluding carboxylic acids is 1. The van der Waals surface area contributed by atoms with Gasteiger partial charge in [-0.2, -0.15) is 5.10 Å². The molecule has 210 valence electrons. The third-order valence-electron chi connectivity index (χ3n) is 8.23. The maximum absolute atomic E-state index is 13.6. The number of rotatable bonds is 6. The molecule has 0 radical (unpaired) electrons. The molecule has 2 N–H and O–H groups in total. The van der Waals surface area contributed by atoms with Gasteiger partial charge in [0.05, 0.1) is 29.0 Å². The number of aliphatic hydroxyl groups is 1. The molecule has 1 aliphatic heterocycles. The number of imidazole rings is 1. The average molecular weight is 543 g/mol. The van der Waals surface area contributed by atoms with Crippen LogP contribution in [0.4, 0.5) is 5.95 Å². The van der Waals surface area contributed by atoms with Crippen LogP contribution in [0.5, 0.6) is 0 Å². The molecule has 10 nitrogen and oxygen atoms in total. The minimum Gasteiger partial charge on any atom is -0.393 e. The number of pyridine rings is 1. The van der Waals surface area contributed by atoms with Crippen LogP contribution in [0.15, 0.2) is 42.7 Å². The average Bonchev–Trinajstić information content (AvgIpc) is 3.53. The molecular weight excluding hydrogens is 504 g/mol. The number of nitrogens with one attached hydrogen (secondary N) is 1. The molecule has 2 fully saturated rings. The van der Waals surface area contributed by atoms with Gasteiger partial charge in [-0.25, -0.2) is 4.98 Å². The lowest BCUT2D eigenvalue weighted by atomic mass is 9.93. The van der Waals surface area contributed by atoms with Crippen LogP contribution in [0.2, 0.25) is 0 Å². The van der Waals surface area contributed by atoms with Crippen molar-refractivity contribution < 1.29 is 9.90 Å². The Bertz CT molecular complexity index is 1510. The first-order valence-electron chi connectivity index (χ1n) is 14.2. The number of benzene rings is 1. The number of aromatic nitrogens is 5. The van der Waals surface area contributed by atoms with Crippen molar-refractivity contribution in [3.05, 3.63) is 59.5 Å². The minimum atomic E-state index is -0.262. The van der Waals surface area contributed by atoms with Gasteiger partial charge in [-0.15, -0.1) is 0 Å². The topological polar surface area (TPSA) is 104 Å². The van der Waals surface area contributed by atoms with Crippen molar-refractivity contribution >= 4 is 22.9 Å². The Labute approximate surface area is 234 Å². The van der Waals surface area contributed by atoms with E-state index in [-0.39, 0.29) is 18.1 Å². The summed E-state index contributed by atoms with van der Waals surface area (Å²) in [7, 11) is 4.03. The van der Waals surface area contributed by atoms with E-state index in [9.17, 15) is 9.90 Å². The van der Waals surface area contributed by atoms with E-state index in [2.05, 4.69) is 55.0 Å². The van der Waals surface area contributed by atoms with Crippen molar-refractivity contribution in [1.82, 2.24) is 34.1 Å². The number of aliphatic hydroxyl groups excluding tert-OH is 1. The predicted molar refractivity (Wildman–Crippen MR) is 155 cm³/mol. The normalized spacial score (nSPS) is 20.7. The molecule has 3 aromatic heterocycles. The number of anilines is 1. The number of fused-ring (bicyclic) bond motifs is 1. The number of amides is 1. The van der Waals surface area contributed by atoms with E-state index >= 15 is 0 Å². The molecule has 40 heavy (non-hydrogen) atoms. The second-order valence-corrected chi connectivity index (χ2v) is 11.4. The maximum Gasteiger partial charge on any atom is 0.258 e. The van der Waals surface area contributed by atoms with Gasteiger partial charge in [0.1, 0.15) is 0 Å². The number of hydrogen-bond acceptors (Lipinski definition) is 7. The summed E-state index contributed by atoms with van der Waals surface area (Å²) in [4.78, 5) is 28.0. The van der Waals surface area contributed by atoms with E-state index in [1.165, 1.54) is 5.56 Å². The Morgan fingerprint density at radius 1 is 1.02 bits per heavy atom. The van der Waals surface area contributed by atoms with Gasteiger partial charge in [0.2, 0.25) is 5.95 Å². The van der Waals surface area contributed by atoms with Crippen LogP contribution in [-0.4, -0.2) is 84.5 Å². The summed E-state index contributed by atoms with van der Waals surface area (Å²) in [6.45, 7) is 7.06. The van der Waals surface area contributed by atoms with Crippen LogP contribution in [0.25, 0.3) is 22.3 Å². The monoisotopic (exact) mass is 542 g/mol. The number of aryl methyl sites for hydroxylation is 2. The van der Waals surface area contributed by atoms with Crippen molar-refractivity contribution in [3.63, 3.8) is 0 Å². The third-order valence-corrected chi connectivity index (χ3v) is 8.23. The Hall–Kier alpha value is -3.60. The van der Waals surface area contributed by atoms with E-state index in [0.717, 1.165) is 80.7 Å². The van der Waals surface area contributed by atoms with Gasteiger partial charge in [-0.3, -0.25) is 24.7 Å². The Morgan fingerprint density at radius 3 is 2.52 bits per heavy atom. The van der Waals surface area contributed by atoms with Crippen LogP contribution in [0, 0.1) is 6.92 Å². The molecule has 1 saturated heterocycles. The lowest BCUT2D eigenvalue weighted by molar-refractivity contribution is 0.102. The SMILES string of the molecule is Cc1cc(C(=O)Nc2nc3ccc(CN4CCN(C)CC4)cc3n2C2CCC(O)CC2)cc(-c2cnn(C)c2)n1. The molecule has 10 heteroatoms. The summed E-state index contributed by atoms with van der Waals surface area (Å²) < 4.78 is 3.92. The number of nitrogens with zero attached hydrogens (tertiary/aromatic N) is 7. The van der Waals surface area contributed by atoms with Gasteiger partial charge in [-0.1, -0.05) is 6.07 Å². The molecule has 0 unspecified atom stereocenters. The largest absolute Gasteiger partial charge is 0.393 e. The zero-order chi connectivity index (χ0) is 27.8. The highest BCUT2D eigenvalue weighted by Gasteiger charge is 2.26. The van der Waals surface area contributed by atoms with E-state index in [4.69, 9.17) is 4.98 Å². The Kier molecular flexibility index (Phi) is 7.39.